The molecule has 6 nitrogen and oxygen atoms in total. The van der Waals surface area contributed by atoms with E-state index in [2.05, 4.69) is 10.2 Å². The third-order valence-corrected chi connectivity index (χ3v) is 5.13. The van der Waals surface area contributed by atoms with Crippen molar-refractivity contribution in [3.63, 3.8) is 0 Å². The van der Waals surface area contributed by atoms with Crippen LogP contribution in [-0.4, -0.2) is 67.5 Å². The Labute approximate surface area is 176 Å². The van der Waals surface area contributed by atoms with Crippen LogP contribution in [0.4, 0.5) is 0 Å². The van der Waals surface area contributed by atoms with Crippen LogP contribution in [0.3, 0.4) is 0 Å². The molecule has 3 rings (SSSR count). The molecule has 7 heteroatoms. The molecule has 0 atom stereocenters. The summed E-state index contributed by atoms with van der Waals surface area (Å²) in [6.45, 7) is 4.82. The van der Waals surface area contributed by atoms with Crippen LogP contribution < -0.4 is 10.1 Å². The van der Waals surface area contributed by atoms with E-state index >= 15 is 0 Å². The van der Waals surface area contributed by atoms with Crippen LogP contribution in [0.2, 0.25) is 5.02 Å². The van der Waals surface area contributed by atoms with E-state index in [4.69, 9.17) is 16.3 Å². The Morgan fingerprint density at radius 2 is 1.66 bits per heavy atom. The summed E-state index contributed by atoms with van der Waals surface area (Å²) in [6, 6.07) is 16.3. The summed E-state index contributed by atoms with van der Waals surface area (Å²) in [6.07, 6.45) is 0.318. The smallest absolute Gasteiger partial charge is 0.251 e. The van der Waals surface area contributed by atoms with Gasteiger partial charge >= 0.3 is 0 Å². The van der Waals surface area contributed by atoms with E-state index in [1.54, 1.807) is 12.1 Å². The summed E-state index contributed by atoms with van der Waals surface area (Å²) in [5.41, 5.74) is 0.606. The maximum absolute atomic E-state index is 12.4. The maximum atomic E-state index is 12.4. The molecular formula is C22H26ClN3O3. The van der Waals surface area contributed by atoms with Crippen LogP contribution in [0.1, 0.15) is 16.8 Å². The normalized spacial score (nSPS) is 14.4. The zero-order valence-corrected chi connectivity index (χ0v) is 17.1. The van der Waals surface area contributed by atoms with Gasteiger partial charge in [0.05, 0.1) is 0 Å². The van der Waals surface area contributed by atoms with Crippen LogP contribution in [0.15, 0.2) is 54.6 Å². The minimum absolute atomic E-state index is 0.0791. The Bertz CT molecular complexity index is 791. The molecular weight excluding hydrogens is 390 g/mol. The number of carbonyl (C=O) groups is 2. The van der Waals surface area contributed by atoms with E-state index in [-0.39, 0.29) is 11.8 Å². The fourth-order valence-corrected chi connectivity index (χ4v) is 3.30. The van der Waals surface area contributed by atoms with Gasteiger partial charge in [0.25, 0.3) is 5.91 Å². The summed E-state index contributed by atoms with van der Waals surface area (Å²) in [5.74, 6) is 0.736. The molecule has 2 amide bonds. The van der Waals surface area contributed by atoms with Crippen molar-refractivity contribution in [1.29, 1.82) is 0 Å². The molecule has 0 aromatic heterocycles. The number of rotatable bonds is 8. The lowest BCUT2D eigenvalue weighted by Crippen LogP contribution is -2.50. The lowest BCUT2D eigenvalue weighted by atomic mass is 10.2. The standard InChI is InChI=1S/C22H26ClN3O3/c23-19-6-8-20(9-7-19)29-17-16-25-12-14-26(15-13-25)21(27)10-11-24-22(28)18-4-2-1-3-5-18/h1-9H,10-17H2,(H,24,28). The number of nitrogens with zero attached hydrogens (tertiary/aromatic N) is 2. The van der Waals surface area contributed by atoms with Gasteiger partial charge < -0.3 is 15.0 Å². The number of carbonyl (C=O) groups excluding carboxylic acids is 2. The molecule has 0 spiro atoms. The molecule has 29 heavy (non-hydrogen) atoms. The van der Waals surface area contributed by atoms with E-state index in [9.17, 15) is 9.59 Å². The molecule has 2 aromatic rings. The van der Waals surface area contributed by atoms with E-state index in [0.717, 1.165) is 25.4 Å². The van der Waals surface area contributed by atoms with Gasteiger partial charge in [0, 0.05) is 56.3 Å². The van der Waals surface area contributed by atoms with Crippen LogP contribution >= 0.6 is 11.6 Å². The molecule has 154 valence electrons. The van der Waals surface area contributed by atoms with Crippen molar-refractivity contribution in [3.05, 3.63) is 65.2 Å². The monoisotopic (exact) mass is 415 g/mol. The Hall–Kier alpha value is -2.57. The molecule has 1 N–H and O–H groups in total. The highest BCUT2D eigenvalue weighted by atomic mass is 35.5. The molecule has 0 saturated carbocycles. The molecule has 1 aliphatic rings. The molecule has 0 unspecified atom stereocenters. The molecule has 0 bridgehead atoms. The zero-order valence-electron chi connectivity index (χ0n) is 16.4. The predicted octanol–water partition coefficient (Wildman–Crippen LogP) is 2.68. The van der Waals surface area contributed by atoms with Crippen LogP contribution in [0.25, 0.3) is 0 Å². The SMILES string of the molecule is O=C(NCCC(=O)N1CCN(CCOc2ccc(Cl)cc2)CC1)c1ccccc1. The molecule has 0 radical (unpaired) electrons. The average molecular weight is 416 g/mol. The van der Waals surface area contributed by atoms with Gasteiger partial charge in [-0.3, -0.25) is 14.5 Å². The van der Waals surface area contributed by atoms with Crippen molar-refractivity contribution in [2.45, 2.75) is 6.42 Å². The Morgan fingerprint density at radius 3 is 2.34 bits per heavy atom. The van der Waals surface area contributed by atoms with Crippen molar-refractivity contribution in [3.8, 4) is 5.75 Å². The second kappa shape index (κ2) is 10.8. The molecule has 1 saturated heterocycles. The third kappa shape index (κ3) is 6.76. The van der Waals surface area contributed by atoms with Gasteiger partial charge in [-0.25, -0.2) is 0 Å². The fraction of sp³-hybridized carbons (Fsp3) is 0.364. The van der Waals surface area contributed by atoms with Crippen LogP contribution in [0.5, 0.6) is 5.75 Å². The average Bonchev–Trinajstić information content (AvgIpc) is 2.76. The first-order chi connectivity index (χ1) is 14.1. The van der Waals surface area contributed by atoms with Crippen molar-refractivity contribution in [1.82, 2.24) is 15.1 Å². The van der Waals surface area contributed by atoms with Gasteiger partial charge in [0.2, 0.25) is 5.91 Å². The number of nitrogens with one attached hydrogen (secondary N) is 1. The number of amides is 2. The summed E-state index contributed by atoms with van der Waals surface area (Å²) < 4.78 is 5.73. The first-order valence-electron chi connectivity index (χ1n) is 9.83. The molecule has 2 aromatic carbocycles. The van der Waals surface area contributed by atoms with Gasteiger partial charge in [-0.15, -0.1) is 0 Å². The van der Waals surface area contributed by atoms with Gasteiger partial charge in [-0.1, -0.05) is 29.8 Å². The number of ether oxygens (including phenoxy) is 1. The topological polar surface area (TPSA) is 61.9 Å². The maximum Gasteiger partial charge on any atom is 0.251 e. The highest BCUT2D eigenvalue weighted by Gasteiger charge is 2.20. The van der Waals surface area contributed by atoms with E-state index in [1.165, 1.54) is 0 Å². The summed E-state index contributed by atoms with van der Waals surface area (Å²) in [7, 11) is 0. The minimum Gasteiger partial charge on any atom is -0.492 e. The van der Waals surface area contributed by atoms with E-state index in [0.29, 0.717) is 43.2 Å². The summed E-state index contributed by atoms with van der Waals surface area (Å²) in [5, 5.41) is 3.50. The number of halogens is 1. The lowest BCUT2D eigenvalue weighted by Gasteiger charge is -2.34. The van der Waals surface area contributed by atoms with Crippen molar-refractivity contribution >= 4 is 23.4 Å². The molecule has 1 aliphatic heterocycles. The zero-order chi connectivity index (χ0) is 20.5. The Kier molecular flexibility index (Phi) is 7.90. The van der Waals surface area contributed by atoms with Crippen molar-refractivity contribution < 1.29 is 14.3 Å². The number of piperazine rings is 1. The summed E-state index contributed by atoms with van der Waals surface area (Å²) >= 11 is 5.87. The Morgan fingerprint density at radius 1 is 0.966 bits per heavy atom. The Balaban J connectivity index is 1.30. The highest BCUT2D eigenvalue weighted by Crippen LogP contribution is 2.15. The quantitative estimate of drug-likeness (QED) is 0.720. The van der Waals surface area contributed by atoms with Crippen molar-refractivity contribution in [2.24, 2.45) is 0 Å². The first kappa shape index (κ1) is 21.1. The van der Waals surface area contributed by atoms with Gasteiger partial charge in [-0.05, 0) is 36.4 Å². The number of benzene rings is 2. The van der Waals surface area contributed by atoms with Crippen LogP contribution in [0, 0.1) is 0 Å². The van der Waals surface area contributed by atoms with Gasteiger partial charge in [0.15, 0.2) is 0 Å². The first-order valence-corrected chi connectivity index (χ1v) is 10.2. The predicted molar refractivity (Wildman–Crippen MR) is 113 cm³/mol. The lowest BCUT2D eigenvalue weighted by molar-refractivity contribution is -0.132. The number of hydrogen-bond donors (Lipinski definition) is 1. The second-order valence-electron chi connectivity index (χ2n) is 6.90. The summed E-state index contributed by atoms with van der Waals surface area (Å²) in [4.78, 5) is 28.5. The molecule has 1 heterocycles. The van der Waals surface area contributed by atoms with E-state index in [1.807, 2.05) is 47.4 Å². The van der Waals surface area contributed by atoms with E-state index < -0.39 is 0 Å². The fourth-order valence-electron chi connectivity index (χ4n) is 3.18. The third-order valence-electron chi connectivity index (χ3n) is 4.88. The molecule has 1 fully saturated rings. The van der Waals surface area contributed by atoms with Gasteiger partial charge in [0.1, 0.15) is 12.4 Å². The largest absolute Gasteiger partial charge is 0.492 e. The number of hydrogen-bond acceptors (Lipinski definition) is 4. The van der Waals surface area contributed by atoms with Gasteiger partial charge in [-0.2, -0.15) is 0 Å². The minimum atomic E-state index is -0.149. The molecule has 0 aliphatic carbocycles. The highest BCUT2D eigenvalue weighted by molar-refractivity contribution is 6.30. The van der Waals surface area contributed by atoms with Crippen molar-refractivity contribution in [2.75, 3.05) is 45.9 Å². The second-order valence-corrected chi connectivity index (χ2v) is 7.33. The van der Waals surface area contributed by atoms with Crippen LogP contribution in [-0.2, 0) is 4.79 Å².